The largest absolute Gasteiger partial charge is 0.411 e. The van der Waals surface area contributed by atoms with Crippen LogP contribution in [-0.4, -0.2) is 25.1 Å². The van der Waals surface area contributed by atoms with Crippen molar-refractivity contribution >= 4 is 11.8 Å². The van der Waals surface area contributed by atoms with E-state index in [0.29, 0.717) is 12.3 Å². The van der Waals surface area contributed by atoms with Gasteiger partial charge in [0.05, 0.1) is 6.61 Å². The second-order valence-corrected chi connectivity index (χ2v) is 4.54. The van der Waals surface area contributed by atoms with Crippen LogP contribution >= 0.6 is 11.8 Å². The predicted molar refractivity (Wildman–Crippen MR) is 61.9 cm³/mol. The topological polar surface area (TPSA) is 35.2 Å². The van der Waals surface area contributed by atoms with E-state index in [1.54, 1.807) is 0 Å². The summed E-state index contributed by atoms with van der Waals surface area (Å²) in [7, 11) is 0. The number of hydrogen-bond acceptors (Lipinski definition) is 3. The summed E-state index contributed by atoms with van der Waals surface area (Å²) in [6.07, 6.45) is -4.25. The molecular weight excluding hydrogens is 251 g/mol. The molecule has 2 N–H and O–H groups in total. The Labute approximate surface area is 102 Å². The van der Waals surface area contributed by atoms with Crippen molar-refractivity contribution in [3.63, 3.8) is 0 Å². The van der Waals surface area contributed by atoms with Crippen molar-refractivity contribution in [3.8, 4) is 0 Å². The molecule has 0 unspecified atom stereocenters. The van der Waals surface area contributed by atoms with E-state index in [0.717, 1.165) is 10.5 Å². The van der Waals surface area contributed by atoms with Gasteiger partial charge in [-0.2, -0.15) is 13.2 Å². The van der Waals surface area contributed by atoms with Crippen LogP contribution < -0.4 is 5.73 Å². The zero-order valence-corrected chi connectivity index (χ0v) is 9.98. The van der Waals surface area contributed by atoms with Gasteiger partial charge in [0.25, 0.3) is 0 Å². The van der Waals surface area contributed by atoms with Gasteiger partial charge in [-0.15, -0.1) is 11.8 Å². The third kappa shape index (κ3) is 6.55. The normalized spacial score (nSPS) is 11.8. The average Bonchev–Trinajstić information content (AvgIpc) is 2.27. The number of thioether (sulfide) groups is 1. The molecule has 1 aromatic rings. The standard InChI is InChI=1S/C11H14F3NOS/c12-11(13,14)8-16-4-5-17-10-3-1-2-9(6-10)7-15/h1-3,6H,4-5,7-8,15H2. The van der Waals surface area contributed by atoms with E-state index >= 15 is 0 Å². The minimum Gasteiger partial charge on any atom is -0.371 e. The molecule has 17 heavy (non-hydrogen) atoms. The first-order valence-electron chi connectivity index (χ1n) is 5.07. The summed E-state index contributed by atoms with van der Waals surface area (Å²) in [5.74, 6) is 0.490. The second-order valence-electron chi connectivity index (χ2n) is 3.37. The van der Waals surface area contributed by atoms with Gasteiger partial charge in [0.1, 0.15) is 6.61 Å². The fraction of sp³-hybridized carbons (Fsp3) is 0.455. The number of ether oxygens (including phenoxy) is 1. The molecule has 1 rings (SSSR count). The summed E-state index contributed by atoms with van der Waals surface area (Å²) < 4.78 is 39.8. The van der Waals surface area contributed by atoms with Crippen molar-refractivity contribution in [2.45, 2.75) is 17.6 Å². The molecule has 0 aliphatic heterocycles. The molecule has 1 aromatic carbocycles. The fourth-order valence-electron chi connectivity index (χ4n) is 1.17. The summed E-state index contributed by atoms with van der Waals surface area (Å²) in [5, 5.41) is 0. The molecule has 0 heterocycles. The molecule has 0 bridgehead atoms. The molecule has 0 spiro atoms. The van der Waals surface area contributed by atoms with Gasteiger partial charge in [-0.3, -0.25) is 0 Å². The number of hydrogen-bond donors (Lipinski definition) is 1. The maximum absolute atomic E-state index is 11.8. The molecular formula is C11H14F3NOS. The molecule has 0 aliphatic rings. The van der Waals surface area contributed by atoms with Gasteiger partial charge in [-0.25, -0.2) is 0 Å². The molecule has 2 nitrogen and oxygen atoms in total. The van der Waals surface area contributed by atoms with Crippen LogP contribution in [0.25, 0.3) is 0 Å². The highest BCUT2D eigenvalue weighted by Gasteiger charge is 2.27. The van der Waals surface area contributed by atoms with Crippen molar-refractivity contribution in [1.82, 2.24) is 0 Å². The Kier molecular flexibility index (Phi) is 5.80. The molecule has 0 atom stereocenters. The summed E-state index contributed by atoms with van der Waals surface area (Å²) >= 11 is 1.45. The molecule has 0 saturated carbocycles. The van der Waals surface area contributed by atoms with Crippen molar-refractivity contribution < 1.29 is 17.9 Å². The maximum Gasteiger partial charge on any atom is 0.411 e. The number of benzene rings is 1. The smallest absolute Gasteiger partial charge is 0.371 e. The van der Waals surface area contributed by atoms with E-state index in [1.165, 1.54) is 11.8 Å². The highest BCUT2D eigenvalue weighted by molar-refractivity contribution is 7.99. The lowest BCUT2D eigenvalue weighted by Gasteiger charge is -2.07. The Morgan fingerprint density at radius 1 is 1.29 bits per heavy atom. The fourth-order valence-corrected chi connectivity index (χ4v) is 2.01. The van der Waals surface area contributed by atoms with Gasteiger partial charge >= 0.3 is 6.18 Å². The van der Waals surface area contributed by atoms with Gasteiger partial charge in [0.15, 0.2) is 0 Å². The van der Waals surface area contributed by atoms with Gasteiger partial charge in [-0.05, 0) is 17.7 Å². The first kappa shape index (κ1) is 14.3. The number of rotatable bonds is 6. The van der Waals surface area contributed by atoms with E-state index < -0.39 is 12.8 Å². The van der Waals surface area contributed by atoms with Crippen LogP contribution in [-0.2, 0) is 11.3 Å². The maximum atomic E-state index is 11.8. The molecule has 0 radical (unpaired) electrons. The quantitative estimate of drug-likeness (QED) is 0.634. The molecule has 96 valence electrons. The van der Waals surface area contributed by atoms with E-state index in [4.69, 9.17) is 5.73 Å². The zero-order valence-electron chi connectivity index (χ0n) is 9.17. The molecule has 0 aliphatic carbocycles. The summed E-state index contributed by atoms with van der Waals surface area (Å²) in [6, 6.07) is 7.60. The van der Waals surface area contributed by atoms with Crippen molar-refractivity contribution in [1.29, 1.82) is 0 Å². The van der Waals surface area contributed by atoms with Crippen LogP contribution in [0.15, 0.2) is 29.2 Å². The summed E-state index contributed by atoms with van der Waals surface area (Å²) in [4.78, 5) is 0.989. The summed E-state index contributed by atoms with van der Waals surface area (Å²) in [5.41, 5.74) is 6.49. The third-order valence-electron chi connectivity index (χ3n) is 1.90. The molecule has 0 fully saturated rings. The highest BCUT2D eigenvalue weighted by Crippen LogP contribution is 2.19. The summed E-state index contributed by atoms with van der Waals surface area (Å²) in [6.45, 7) is -0.646. The van der Waals surface area contributed by atoms with Gasteiger partial charge in [-0.1, -0.05) is 12.1 Å². The Morgan fingerprint density at radius 3 is 2.71 bits per heavy atom. The Balaban J connectivity index is 2.22. The number of halogens is 3. The minimum absolute atomic E-state index is 0.0804. The van der Waals surface area contributed by atoms with Gasteiger partial charge < -0.3 is 10.5 Å². The van der Waals surface area contributed by atoms with Crippen LogP contribution in [0.1, 0.15) is 5.56 Å². The number of alkyl halides is 3. The lowest BCUT2D eigenvalue weighted by Crippen LogP contribution is -2.17. The van der Waals surface area contributed by atoms with Gasteiger partial charge in [0, 0.05) is 17.2 Å². The Morgan fingerprint density at radius 2 is 2.06 bits per heavy atom. The SMILES string of the molecule is NCc1cccc(SCCOCC(F)(F)F)c1. The second kappa shape index (κ2) is 6.88. The molecule has 0 aromatic heterocycles. The van der Waals surface area contributed by atoms with Crippen LogP contribution in [0.3, 0.4) is 0 Å². The molecule has 6 heteroatoms. The monoisotopic (exact) mass is 265 g/mol. The van der Waals surface area contributed by atoms with E-state index in [1.807, 2.05) is 24.3 Å². The minimum atomic E-state index is -4.25. The van der Waals surface area contributed by atoms with Gasteiger partial charge in [0.2, 0.25) is 0 Å². The first-order valence-corrected chi connectivity index (χ1v) is 6.06. The predicted octanol–water partition coefficient (Wildman–Crippen LogP) is 2.82. The lowest BCUT2D eigenvalue weighted by atomic mass is 10.2. The molecule has 0 saturated heterocycles. The first-order chi connectivity index (χ1) is 8.01. The van der Waals surface area contributed by atoms with E-state index in [-0.39, 0.29) is 6.61 Å². The van der Waals surface area contributed by atoms with Crippen molar-refractivity contribution in [2.75, 3.05) is 19.0 Å². The van der Waals surface area contributed by atoms with E-state index in [9.17, 15) is 13.2 Å². The Bertz CT molecular complexity index is 344. The third-order valence-corrected chi connectivity index (χ3v) is 2.85. The van der Waals surface area contributed by atoms with Crippen LogP contribution in [0, 0.1) is 0 Å². The number of nitrogens with two attached hydrogens (primary N) is 1. The average molecular weight is 265 g/mol. The lowest BCUT2D eigenvalue weighted by molar-refractivity contribution is -0.172. The van der Waals surface area contributed by atoms with Crippen molar-refractivity contribution in [3.05, 3.63) is 29.8 Å². The molecule has 0 amide bonds. The van der Waals surface area contributed by atoms with Crippen LogP contribution in [0.5, 0.6) is 0 Å². The van der Waals surface area contributed by atoms with Crippen LogP contribution in [0.4, 0.5) is 13.2 Å². The highest BCUT2D eigenvalue weighted by atomic mass is 32.2. The van der Waals surface area contributed by atoms with E-state index in [2.05, 4.69) is 4.74 Å². The van der Waals surface area contributed by atoms with Crippen molar-refractivity contribution in [2.24, 2.45) is 5.73 Å². The Hall–Kier alpha value is -0.720. The van der Waals surface area contributed by atoms with Crippen LogP contribution in [0.2, 0.25) is 0 Å². The zero-order chi connectivity index (χ0) is 12.7.